The van der Waals surface area contributed by atoms with Gasteiger partial charge >= 0.3 is 6.09 Å². The molecule has 0 bridgehead atoms. The molecule has 0 aromatic carbocycles. The number of aromatic amines is 1. The number of hydrogen-bond acceptors (Lipinski definition) is 7. The molecule has 3 saturated heterocycles. The van der Waals surface area contributed by atoms with E-state index in [2.05, 4.69) is 20.1 Å². The number of carbonyl (C=O) groups is 2. The molecule has 0 saturated carbocycles. The summed E-state index contributed by atoms with van der Waals surface area (Å²) in [5.41, 5.74) is -0.311. The molecule has 3 fully saturated rings. The average Bonchev–Trinajstić information content (AvgIpc) is 3.39. The summed E-state index contributed by atoms with van der Waals surface area (Å²) in [5.74, 6) is 1.77. The zero-order valence-corrected chi connectivity index (χ0v) is 15.6. The van der Waals surface area contributed by atoms with Crippen LogP contribution in [0.1, 0.15) is 18.6 Å². The molecule has 2 unspecified atom stereocenters. The first-order valence-corrected chi connectivity index (χ1v) is 9.46. The van der Waals surface area contributed by atoms with E-state index in [0.29, 0.717) is 39.3 Å². The topological polar surface area (TPSA) is 115 Å². The van der Waals surface area contributed by atoms with E-state index >= 15 is 0 Å². The van der Waals surface area contributed by atoms with Crippen molar-refractivity contribution in [2.24, 2.45) is 11.3 Å². The van der Waals surface area contributed by atoms with Crippen LogP contribution in [0.5, 0.6) is 0 Å². The highest BCUT2D eigenvalue weighted by Crippen LogP contribution is 2.42. The maximum absolute atomic E-state index is 12.6. The molecule has 0 aliphatic carbocycles. The minimum atomic E-state index is -0.427. The van der Waals surface area contributed by atoms with Crippen LogP contribution in [0.15, 0.2) is 0 Å². The molecule has 2 atom stereocenters. The number of nitrogens with zero attached hydrogens (tertiary/aromatic N) is 5. The number of aliphatic hydroxyl groups excluding tert-OH is 1. The molecular weight excluding hydrogens is 352 g/mol. The van der Waals surface area contributed by atoms with Gasteiger partial charge in [0, 0.05) is 38.0 Å². The number of H-pyrrole nitrogens is 1. The van der Waals surface area contributed by atoms with Gasteiger partial charge in [-0.2, -0.15) is 5.10 Å². The summed E-state index contributed by atoms with van der Waals surface area (Å²) in [6, 6.07) is 0. The number of rotatable bonds is 6. The van der Waals surface area contributed by atoms with Crippen LogP contribution in [0.4, 0.5) is 4.79 Å². The second-order valence-corrected chi connectivity index (χ2v) is 7.75. The smallest absolute Gasteiger partial charge is 0.410 e. The molecule has 2 N–H and O–H groups in total. The number of nitrogens with one attached hydrogen (secondary N) is 1. The van der Waals surface area contributed by atoms with Crippen molar-refractivity contribution < 1.29 is 19.4 Å². The molecule has 0 spiro atoms. The Kier molecular flexibility index (Phi) is 4.77. The van der Waals surface area contributed by atoms with Gasteiger partial charge in [-0.15, -0.1) is 0 Å². The van der Waals surface area contributed by atoms with Crippen LogP contribution in [-0.2, 0) is 22.5 Å². The van der Waals surface area contributed by atoms with Crippen LogP contribution < -0.4 is 0 Å². The molecule has 2 amide bonds. The van der Waals surface area contributed by atoms with Gasteiger partial charge in [0.15, 0.2) is 0 Å². The fourth-order valence-corrected chi connectivity index (χ4v) is 4.43. The van der Waals surface area contributed by atoms with Gasteiger partial charge in [-0.25, -0.2) is 9.78 Å². The molecule has 10 nitrogen and oxygen atoms in total. The molecule has 10 heteroatoms. The number of aromatic nitrogens is 3. The van der Waals surface area contributed by atoms with Gasteiger partial charge in [-0.1, -0.05) is 6.92 Å². The number of carbonyl (C=O) groups excluding carboxylic acids is 2. The predicted molar refractivity (Wildman–Crippen MR) is 93.5 cm³/mol. The van der Waals surface area contributed by atoms with E-state index < -0.39 is 6.09 Å². The van der Waals surface area contributed by atoms with Gasteiger partial charge < -0.3 is 14.7 Å². The van der Waals surface area contributed by atoms with Crippen molar-refractivity contribution in [3.05, 3.63) is 11.6 Å². The Hall–Kier alpha value is -2.20. The van der Waals surface area contributed by atoms with E-state index in [-0.39, 0.29) is 30.4 Å². The molecule has 0 radical (unpaired) electrons. The van der Waals surface area contributed by atoms with Crippen molar-refractivity contribution in [3.8, 4) is 0 Å². The number of aliphatic hydroxyl groups is 1. The largest absolute Gasteiger partial charge is 0.448 e. The standard InChI is InChI=1S/C17H26N6O4/c1-2-13-18-14(20-19-13)7-21-5-12-6-23(10-17(12,9-21)11-24)15(25)8-22-3-4-27-16(22)26/h12,24H,2-11H2,1H3,(H,18,19,20). The number of aryl methyl sites for hydroxylation is 1. The van der Waals surface area contributed by atoms with Gasteiger partial charge in [-0.3, -0.25) is 19.7 Å². The second-order valence-electron chi connectivity index (χ2n) is 7.75. The van der Waals surface area contributed by atoms with E-state index in [4.69, 9.17) is 4.74 Å². The lowest BCUT2D eigenvalue weighted by atomic mass is 9.82. The Morgan fingerprint density at radius 2 is 2.26 bits per heavy atom. The Balaban J connectivity index is 1.36. The van der Waals surface area contributed by atoms with Crippen molar-refractivity contribution >= 4 is 12.0 Å². The first-order chi connectivity index (χ1) is 13.0. The predicted octanol–water partition coefficient (Wildman–Crippen LogP) is -0.928. The molecule has 4 rings (SSSR count). The maximum Gasteiger partial charge on any atom is 0.410 e. The van der Waals surface area contributed by atoms with E-state index in [9.17, 15) is 14.7 Å². The summed E-state index contributed by atoms with van der Waals surface area (Å²) in [4.78, 5) is 34.1. The van der Waals surface area contributed by atoms with Crippen LogP contribution in [-0.4, -0.2) is 99.5 Å². The number of cyclic esters (lactones) is 1. The Bertz CT molecular complexity index is 724. The third-order valence-corrected chi connectivity index (χ3v) is 5.94. The first-order valence-electron chi connectivity index (χ1n) is 9.46. The summed E-state index contributed by atoms with van der Waals surface area (Å²) in [5, 5.41) is 17.2. The number of fused-ring (bicyclic) bond motifs is 1. The van der Waals surface area contributed by atoms with Gasteiger partial charge in [0.1, 0.15) is 24.8 Å². The zero-order chi connectivity index (χ0) is 19.0. The minimum Gasteiger partial charge on any atom is -0.448 e. The lowest BCUT2D eigenvalue weighted by Gasteiger charge is -2.27. The summed E-state index contributed by atoms with van der Waals surface area (Å²) < 4.78 is 4.88. The SMILES string of the molecule is CCc1n[nH]c(CN2CC3CN(C(=O)CN4CCOC4=O)CC3(CO)C2)n1. The van der Waals surface area contributed by atoms with E-state index in [1.165, 1.54) is 4.90 Å². The quantitative estimate of drug-likeness (QED) is 0.657. The van der Waals surface area contributed by atoms with Crippen LogP contribution >= 0.6 is 0 Å². The summed E-state index contributed by atoms with van der Waals surface area (Å²) in [6.07, 6.45) is 0.366. The van der Waals surface area contributed by atoms with Crippen LogP contribution in [0, 0.1) is 11.3 Å². The van der Waals surface area contributed by atoms with Crippen LogP contribution in [0.25, 0.3) is 0 Å². The van der Waals surface area contributed by atoms with E-state index in [0.717, 1.165) is 24.6 Å². The van der Waals surface area contributed by atoms with Crippen molar-refractivity contribution in [3.63, 3.8) is 0 Å². The number of ether oxygens (including phenoxy) is 1. The molecule has 3 aliphatic heterocycles. The molecule has 1 aromatic rings. The highest BCUT2D eigenvalue weighted by Gasteiger charge is 2.53. The molecule has 4 heterocycles. The van der Waals surface area contributed by atoms with Crippen molar-refractivity contribution in [1.82, 2.24) is 29.9 Å². The number of hydrogen-bond donors (Lipinski definition) is 2. The fourth-order valence-electron chi connectivity index (χ4n) is 4.43. The minimum absolute atomic E-state index is 0.0420. The number of amides is 2. The summed E-state index contributed by atoms with van der Waals surface area (Å²) >= 11 is 0. The van der Waals surface area contributed by atoms with Crippen LogP contribution in [0.2, 0.25) is 0 Å². The van der Waals surface area contributed by atoms with Gasteiger partial charge in [-0.05, 0) is 5.92 Å². The lowest BCUT2D eigenvalue weighted by molar-refractivity contribution is -0.131. The van der Waals surface area contributed by atoms with Crippen LogP contribution in [0.3, 0.4) is 0 Å². The summed E-state index contributed by atoms with van der Waals surface area (Å²) in [7, 11) is 0. The molecule has 3 aliphatic rings. The zero-order valence-electron chi connectivity index (χ0n) is 15.6. The van der Waals surface area contributed by atoms with Crippen molar-refractivity contribution in [2.45, 2.75) is 19.9 Å². The molecule has 1 aromatic heterocycles. The first kappa shape index (κ1) is 18.2. The fraction of sp³-hybridized carbons (Fsp3) is 0.765. The molecular formula is C17H26N6O4. The molecule has 148 valence electrons. The maximum atomic E-state index is 12.6. The average molecular weight is 378 g/mol. The Labute approximate surface area is 157 Å². The molecule has 27 heavy (non-hydrogen) atoms. The number of likely N-dealkylation sites (tertiary alicyclic amines) is 2. The van der Waals surface area contributed by atoms with Gasteiger partial charge in [0.25, 0.3) is 0 Å². The summed E-state index contributed by atoms with van der Waals surface area (Å²) in [6.45, 7) is 6.21. The lowest BCUT2D eigenvalue weighted by Crippen LogP contribution is -2.43. The van der Waals surface area contributed by atoms with Crippen molar-refractivity contribution in [2.75, 3.05) is 52.5 Å². The normalized spacial score (nSPS) is 28.1. The highest BCUT2D eigenvalue weighted by molar-refractivity contribution is 5.83. The monoisotopic (exact) mass is 378 g/mol. The van der Waals surface area contributed by atoms with E-state index in [1.807, 2.05) is 6.92 Å². The van der Waals surface area contributed by atoms with Gasteiger partial charge in [0.2, 0.25) is 5.91 Å². The van der Waals surface area contributed by atoms with Crippen molar-refractivity contribution in [1.29, 1.82) is 0 Å². The third-order valence-electron chi connectivity index (χ3n) is 5.94. The van der Waals surface area contributed by atoms with E-state index in [1.54, 1.807) is 4.90 Å². The highest BCUT2D eigenvalue weighted by atomic mass is 16.6. The van der Waals surface area contributed by atoms with Gasteiger partial charge in [0.05, 0.1) is 19.7 Å². The second kappa shape index (κ2) is 7.08. The Morgan fingerprint density at radius 1 is 1.41 bits per heavy atom. The Morgan fingerprint density at radius 3 is 2.89 bits per heavy atom. The third kappa shape index (κ3) is 3.39.